The van der Waals surface area contributed by atoms with E-state index in [0.717, 1.165) is 0 Å². The van der Waals surface area contributed by atoms with E-state index in [-0.39, 0.29) is 0 Å². The molecule has 0 saturated heterocycles. The average Bonchev–Trinajstić information content (AvgIpc) is 2.10. The highest BCUT2D eigenvalue weighted by Crippen LogP contribution is 1.78. The van der Waals surface area contributed by atoms with Gasteiger partial charge in [-0.15, -0.1) is 0 Å². The molecule has 0 heterocycles. The highest BCUT2D eigenvalue weighted by molar-refractivity contribution is 4.05. The second-order valence-corrected chi connectivity index (χ2v) is 0.916. The Balaban J connectivity index is 3.65. The Morgan fingerprint density at radius 3 is 2.08 bits per heavy atom. The number of nitrogens with zero attached hydrogens (tertiary/aromatic N) is 10. The van der Waals surface area contributed by atoms with Crippen LogP contribution < -0.4 is 5.22 Å². The van der Waals surface area contributed by atoms with Gasteiger partial charge in [0.25, 0.3) is 0 Å². The molecule has 1 radical (unpaired) electrons. The zero-order valence-electron chi connectivity index (χ0n) is 5.47. The minimum atomic E-state index is 2.48. The lowest BCUT2D eigenvalue weighted by molar-refractivity contribution is 0.704. The van der Waals surface area contributed by atoms with E-state index in [1.807, 2.05) is 0 Å². The summed E-state index contributed by atoms with van der Waals surface area (Å²) in [5, 5.41) is 27.8. The summed E-state index contributed by atoms with van der Waals surface area (Å²) in [5.74, 6) is 0. The zero-order chi connectivity index (χ0) is 9.07. The third-order valence-electron chi connectivity index (χ3n) is 0.369. The van der Waals surface area contributed by atoms with E-state index in [9.17, 15) is 0 Å². The maximum atomic E-state index is 6.12. The maximum Gasteiger partial charge on any atom is 0.171 e. The summed E-state index contributed by atoms with van der Waals surface area (Å²) in [7, 11) is 0. The molecule has 61 valence electrons. The van der Waals surface area contributed by atoms with Crippen LogP contribution in [0.1, 0.15) is 0 Å². The van der Waals surface area contributed by atoms with Gasteiger partial charge in [0.05, 0.1) is 10.4 Å². The Morgan fingerprint density at radius 2 is 1.42 bits per heavy atom. The van der Waals surface area contributed by atoms with E-state index in [1.54, 1.807) is 0 Å². The van der Waals surface area contributed by atoms with Crippen LogP contribution in [-0.4, -0.2) is 0 Å². The van der Waals surface area contributed by atoms with Gasteiger partial charge in [-0.1, -0.05) is 0 Å². The first-order valence-corrected chi connectivity index (χ1v) is 2.25. The van der Waals surface area contributed by atoms with Crippen molar-refractivity contribution in [2.75, 3.05) is 0 Å². The summed E-state index contributed by atoms with van der Waals surface area (Å²) in [6.07, 6.45) is 0. The van der Waals surface area contributed by atoms with E-state index in [4.69, 9.17) is 11.1 Å². The summed E-state index contributed by atoms with van der Waals surface area (Å²) in [4.78, 5) is 0. The van der Waals surface area contributed by atoms with Crippen molar-refractivity contribution in [3.63, 3.8) is 0 Å². The Bertz CT molecular complexity index is 198. The van der Waals surface area contributed by atoms with Gasteiger partial charge in [0.1, 0.15) is 0 Å². The SMILES string of the molecule is N=NN=NN=N[N+]=NN=NN=N. The molecule has 0 aliphatic carbocycles. The van der Waals surface area contributed by atoms with Gasteiger partial charge in [0.15, 0.2) is 26.1 Å². The summed E-state index contributed by atoms with van der Waals surface area (Å²) >= 11 is 0. The van der Waals surface area contributed by atoms with Gasteiger partial charge < -0.3 is 0 Å². The normalized spacial score (nSPS) is 12.3. The summed E-state index contributed by atoms with van der Waals surface area (Å²) in [5.41, 5.74) is 12.2. The molecule has 0 amide bonds. The molecule has 12 nitrogen and oxygen atoms in total. The molecule has 0 spiro atoms. The van der Waals surface area contributed by atoms with Crippen LogP contribution >= 0.6 is 0 Å². The third kappa shape index (κ3) is 7.60. The van der Waals surface area contributed by atoms with Crippen molar-refractivity contribution in [1.29, 1.82) is 11.1 Å². The standard InChI is InChI=1S/H2N12/c1-3-5-7-9-11-12-10-8-6-4-2/h1-2H/q+1. The monoisotopic (exact) mass is 170 g/mol. The van der Waals surface area contributed by atoms with Gasteiger partial charge in [-0.25, -0.2) is 0 Å². The van der Waals surface area contributed by atoms with Gasteiger partial charge in [0.2, 0.25) is 0 Å². The van der Waals surface area contributed by atoms with E-state index >= 15 is 0 Å². The minimum Gasteiger partial charge on any atom is -0.183 e. The quantitative estimate of drug-likeness (QED) is 0.452. The van der Waals surface area contributed by atoms with Crippen molar-refractivity contribution < 1.29 is 0 Å². The smallest absolute Gasteiger partial charge is 0.171 e. The van der Waals surface area contributed by atoms with Crippen LogP contribution in [0.2, 0.25) is 0 Å². The van der Waals surface area contributed by atoms with Gasteiger partial charge in [-0.05, 0) is 10.4 Å². The number of rotatable bonds is 5. The third-order valence-corrected chi connectivity index (χ3v) is 0.369. The highest BCUT2D eigenvalue weighted by Gasteiger charge is 1.79. The number of nitrogens with one attached hydrogen (secondary N) is 2. The van der Waals surface area contributed by atoms with Crippen LogP contribution in [-0.2, 0) is 0 Å². The first-order valence-electron chi connectivity index (χ1n) is 2.25. The molecular formula is H2N12+. The average molecular weight is 170 g/mol. The van der Waals surface area contributed by atoms with Crippen molar-refractivity contribution in [2.24, 2.45) is 47.0 Å². The first kappa shape index (κ1) is 9.60. The molecule has 0 aromatic heterocycles. The Morgan fingerprint density at radius 1 is 0.750 bits per heavy atom. The largest absolute Gasteiger partial charge is 0.183 e. The molecule has 0 aromatic carbocycles. The molecule has 0 fully saturated rings. The minimum absolute atomic E-state index is 2.48. The maximum absolute atomic E-state index is 6.12. The van der Waals surface area contributed by atoms with Crippen molar-refractivity contribution in [3.8, 4) is 0 Å². The van der Waals surface area contributed by atoms with Crippen molar-refractivity contribution in [2.45, 2.75) is 0 Å². The van der Waals surface area contributed by atoms with Gasteiger partial charge >= 0.3 is 0 Å². The van der Waals surface area contributed by atoms with Gasteiger partial charge in [0, 0.05) is 5.22 Å². The van der Waals surface area contributed by atoms with Gasteiger partial charge in [-0.2, -0.15) is 11.1 Å². The fourth-order valence-electron chi connectivity index (χ4n) is 0.147. The summed E-state index contributed by atoms with van der Waals surface area (Å²) in [6, 6.07) is 0. The van der Waals surface area contributed by atoms with E-state index in [2.05, 4.69) is 52.2 Å². The van der Waals surface area contributed by atoms with Crippen molar-refractivity contribution >= 4 is 0 Å². The number of hydrogen-bond acceptors (Lipinski definition) is 2. The van der Waals surface area contributed by atoms with E-state index < -0.39 is 0 Å². The van der Waals surface area contributed by atoms with Crippen LogP contribution in [0.3, 0.4) is 0 Å². The Labute approximate surface area is 64.5 Å². The molecule has 2 N–H and O–H groups in total. The second kappa shape index (κ2) is 8.60. The molecular weight excluding hydrogens is 168 g/mol. The second-order valence-electron chi connectivity index (χ2n) is 0.916. The molecule has 0 aliphatic heterocycles. The topological polar surface area (TPSA) is 173 Å². The Kier molecular flexibility index (Phi) is 6.88. The van der Waals surface area contributed by atoms with Crippen molar-refractivity contribution in [1.82, 2.24) is 5.22 Å². The molecule has 0 rings (SSSR count). The molecule has 12 heavy (non-hydrogen) atoms. The van der Waals surface area contributed by atoms with Crippen LogP contribution in [0.15, 0.2) is 47.0 Å². The molecule has 0 aliphatic rings. The fourth-order valence-corrected chi connectivity index (χ4v) is 0.147. The highest BCUT2D eigenvalue weighted by atomic mass is 15.7. The van der Waals surface area contributed by atoms with Crippen LogP contribution in [0, 0.1) is 11.1 Å². The molecule has 0 bridgehead atoms. The first-order chi connectivity index (χ1) is 5.91. The lowest BCUT2D eigenvalue weighted by Gasteiger charge is -1.55. The van der Waals surface area contributed by atoms with Crippen LogP contribution in [0.5, 0.6) is 0 Å². The fraction of sp³-hybridized carbons (Fsp3) is 0. The van der Waals surface area contributed by atoms with Crippen LogP contribution in [0.4, 0.5) is 0 Å². The molecule has 0 unspecified atom stereocenters. The molecule has 0 aromatic rings. The lowest BCUT2D eigenvalue weighted by Crippen LogP contribution is -1.65. The predicted octanol–water partition coefficient (Wildman–Crippen LogP) is 1.77. The van der Waals surface area contributed by atoms with Gasteiger partial charge in [-0.3, -0.25) is 0 Å². The molecule has 0 saturated carbocycles. The van der Waals surface area contributed by atoms with E-state index in [1.165, 1.54) is 0 Å². The summed E-state index contributed by atoms with van der Waals surface area (Å²) in [6.45, 7) is 0. The zero-order valence-corrected chi connectivity index (χ0v) is 5.47. The summed E-state index contributed by atoms with van der Waals surface area (Å²) < 4.78 is 0. The number of hydrogen-bond donors (Lipinski definition) is 2. The Hall–Kier alpha value is -2.40. The van der Waals surface area contributed by atoms with Crippen LogP contribution in [0.25, 0.3) is 0 Å². The van der Waals surface area contributed by atoms with Crippen molar-refractivity contribution in [3.05, 3.63) is 0 Å². The predicted molar refractivity (Wildman–Crippen MR) is 29.4 cm³/mol. The molecule has 0 atom stereocenters. The van der Waals surface area contributed by atoms with E-state index in [0.29, 0.717) is 0 Å². The molecule has 12 heteroatoms. The lowest BCUT2D eigenvalue weighted by atomic mass is 12.4.